The van der Waals surface area contributed by atoms with Crippen LogP contribution in [-0.4, -0.2) is 26.9 Å². The average molecular weight is 284 g/mol. The lowest BCUT2D eigenvalue weighted by atomic mass is 10.3. The molecule has 0 atom stereocenters. The molecule has 0 unspecified atom stereocenters. The van der Waals surface area contributed by atoms with Crippen LogP contribution >= 0.6 is 23.6 Å². The molecule has 0 aliphatic carbocycles. The van der Waals surface area contributed by atoms with Crippen LogP contribution in [0.1, 0.15) is 24.0 Å². The van der Waals surface area contributed by atoms with Gasteiger partial charge < -0.3 is 4.74 Å². The second-order valence-corrected chi connectivity index (χ2v) is 5.43. The molecule has 2 aromatic heterocycles. The molecule has 0 aliphatic heterocycles. The third-order valence-electron chi connectivity index (χ3n) is 2.52. The maximum Gasteiger partial charge on any atom is 0.195 e. The number of nitrogens with zero attached hydrogens (tertiary/aromatic N) is 3. The summed E-state index contributed by atoms with van der Waals surface area (Å²) in [4.78, 5) is 5.54. The fraction of sp³-hybridized carbons (Fsp3) is 0.545. The van der Waals surface area contributed by atoms with E-state index in [1.165, 1.54) is 0 Å². The highest BCUT2D eigenvalue weighted by atomic mass is 32.1. The maximum atomic E-state index is 5.24. The van der Waals surface area contributed by atoms with Gasteiger partial charge in [0.2, 0.25) is 0 Å². The molecule has 0 spiro atoms. The summed E-state index contributed by atoms with van der Waals surface area (Å²) in [6.07, 6.45) is 1.02. The zero-order valence-electron chi connectivity index (χ0n) is 10.7. The van der Waals surface area contributed by atoms with Crippen LogP contribution in [0.2, 0.25) is 0 Å². The molecule has 0 aromatic carbocycles. The first-order valence-corrected chi connectivity index (χ1v) is 7.00. The van der Waals surface area contributed by atoms with Crippen molar-refractivity contribution < 1.29 is 4.74 Å². The zero-order chi connectivity index (χ0) is 13.1. The molecule has 2 rings (SSSR count). The lowest BCUT2D eigenvalue weighted by Gasteiger charge is -2.02. The largest absolute Gasteiger partial charge is 0.378 e. The molecule has 5 nitrogen and oxygen atoms in total. The fourth-order valence-electron chi connectivity index (χ4n) is 1.77. The van der Waals surface area contributed by atoms with Gasteiger partial charge in [-0.25, -0.2) is 4.98 Å². The van der Waals surface area contributed by atoms with E-state index in [9.17, 15) is 0 Å². The highest BCUT2D eigenvalue weighted by Gasteiger charge is 2.15. The molecule has 1 N–H and O–H groups in total. The minimum Gasteiger partial charge on any atom is -0.378 e. The molecular weight excluding hydrogens is 268 g/mol. The molecular formula is C11H16N4OS2. The van der Waals surface area contributed by atoms with Crippen molar-refractivity contribution in [2.24, 2.45) is 0 Å². The van der Waals surface area contributed by atoms with Crippen molar-refractivity contribution >= 4 is 23.6 Å². The number of aromatic nitrogens is 4. The SMILES string of the molecule is CCCn1c(-c2sc(COC)nc2C)n[nH]c1=S. The molecule has 7 heteroatoms. The molecule has 0 fully saturated rings. The summed E-state index contributed by atoms with van der Waals surface area (Å²) in [6, 6.07) is 0. The fourth-order valence-corrected chi connectivity index (χ4v) is 3.03. The average Bonchev–Trinajstić information content (AvgIpc) is 2.85. The molecule has 2 aromatic rings. The molecule has 0 aliphatic rings. The molecule has 0 saturated heterocycles. The van der Waals surface area contributed by atoms with Crippen molar-refractivity contribution in [3.8, 4) is 10.7 Å². The van der Waals surface area contributed by atoms with Crippen LogP contribution in [-0.2, 0) is 17.9 Å². The summed E-state index contributed by atoms with van der Waals surface area (Å²) in [7, 11) is 1.67. The van der Waals surface area contributed by atoms with Crippen LogP contribution in [0, 0.1) is 11.7 Å². The smallest absolute Gasteiger partial charge is 0.195 e. The lowest BCUT2D eigenvalue weighted by Crippen LogP contribution is -1.99. The first kappa shape index (κ1) is 13.4. The Morgan fingerprint density at radius 3 is 2.94 bits per heavy atom. The van der Waals surface area contributed by atoms with Gasteiger partial charge in [0.05, 0.1) is 17.2 Å². The standard InChI is InChI=1S/C11H16N4OS2/c1-4-5-15-10(13-14-11(15)17)9-7(2)12-8(18-9)6-16-3/h4-6H2,1-3H3,(H,14,17). The van der Waals surface area contributed by atoms with Crippen molar-refractivity contribution in [2.45, 2.75) is 33.4 Å². The predicted octanol–water partition coefficient (Wildman–Crippen LogP) is 2.93. The number of H-pyrrole nitrogens is 1. The highest BCUT2D eigenvalue weighted by molar-refractivity contribution is 7.71. The summed E-state index contributed by atoms with van der Waals surface area (Å²) in [5.41, 5.74) is 0.971. The Labute approximate surface area is 115 Å². The van der Waals surface area contributed by atoms with Crippen LogP contribution < -0.4 is 0 Å². The van der Waals surface area contributed by atoms with Crippen molar-refractivity contribution in [3.63, 3.8) is 0 Å². The van der Waals surface area contributed by atoms with Crippen molar-refractivity contribution in [1.29, 1.82) is 0 Å². The predicted molar refractivity (Wildman–Crippen MR) is 74.3 cm³/mol. The van der Waals surface area contributed by atoms with Gasteiger partial charge in [0.1, 0.15) is 5.01 Å². The Bertz CT molecular complexity index is 584. The quantitative estimate of drug-likeness (QED) is 0.858. The second-order valence-electron chi connectivity index (χ2n) is 3.96. The van der Waals surface area contributed by atoms with E-state index in [0.29, 0.717) is 11.4 Å². The molecule has 98 valence electrons. The zero-order valence-corrected chi connectivity index (χ0v) is 12.3. The van der Waals surface area contributed by atoms with Crippen LogP contribution in [0.5, 0.6) is 0 Å². The van der Waals surface area contributed by atoms with Crippen LogP contribution in [0.4, 0.5) is 0 Å². The van der Waals surface area contributed by atoms with E-state index in [1.54, 1.807) is 18.4 Å². The number of rotatable bonds is 5. The van der Waals surface area contributed by atoms with Gasteiger partial charge in [-0.3, -0.25) is 9.67 Å². The third-order valence-corrected chi connectivity index (χ3v) is 3.96. The van der Waals surface area contributed by atoms with Gasteiger partial charge >= 0.3 is 0 Å². The van der Waals surface area contributed by atoms with E-state index in [-0.39, 0.29) is 0 Å². The minimum atomic E-state index is 0.532. The first-order chi connectivity index (χ1) is 8.67. The molecule has 0 bridgehead atoms. The number of aromatic amines is 1. The highest BCUT2D eigenvalue weighted by Crippen LogP contribution is 2.29. The van der Waals surface area contributed by atoms with E-state index in [0.717, 1.165) is 34.4 Å². The third kappa shape index (κ3) is 2.52. The van der Waals surface area contributed by atoms with Gasteiger partial charge in [-0.15, -0.1) is 11.3 Å². The van der Waals surface area contributed by atoms with Gasteiger partial charge in [0.25, 0.3) is 0 Å². The Kier molecular flexibility index (Phi) is 4.26. The number of ether oxygens (including phenoxy) is 1. The van der Waals surface area contributed by atoms with Crippen LogP contribution in [0.3, 0.4) is 0 Å². The number of nitrogens with one attached hydrogen (secondary N) is 1. The summed E-state index contributed by atoms with van der Waals surface area (Å²) < 4.78 is 7.79. The number of aryl methyl sites for hydroxylation is 1. The molecule has 0 saturated carbocycles. The molecule has 2 heterocycles. The lowest BCUT2D eigenvalue weighted by molar-refractivity contribution is 0.184. The number of thiazole rings is 1. The Balaban J connectivity index is 2.45. The minimum absolute atomic E-state index is 0.532. The first-order valence-electron chi connectivity index (χ1n) is 5.78. The van der Waals surface area contributed by atoms with Crippen molar-refractivity contribution in [2.75, 3.05) is 7.11 Å². The van der Waals surface area contributed by atoms with Crippen LogP contribution in [0.15, 0.2) is 0 Å². The van der Waals surface area contributed by atoms with E-state index in [2.05, 4.69) is 22.1 Å². The Morgan fingerprint density at radius 2 is 2.28 bits per heavy atom. The van der Waals surface area contributed by atoms with Crippen LogP contribution in [0.25, 0.3) is 10.7 Å². The summed E-state index contributed by atoms with van der Waals surface area (Å²) in [5, 5.41) is 8.13. The van der Waals surface area contributed by atoms with E-state index in [1.807, 2.05) is 11.5 Å². The van der Waals surface area contributed by atoms with Gasteiger partial charge in [0.15, 0.2) is 10.6 Å². The van der Waals surface area contributed by atoms with E-state index < -0.39 is 0 Å². The second kappa shape index (κ2) is 5.73. The molecule has 0 radical (unpaired) electrons. The van der Waals surface area contributed by atoms with Gasteiger partial charge in [-0.05, 0) is 25.6 Å². The van der Waals surface area contributed by atoms with E-state index in [4.69, 9.17) is 17.0 Å². The molecule has 0 amide bonds. The van der Waals surface area contributed by atoms with Crippen molar-refractivity contribution in [3.05, 3.63) is 15.5 Å². The Hall–Kier alpha value is -1.05. The maximum absolute atomic E-state index is 5.24. The topological polar surface area (TPSA) is 55.7 Å². The van der Waals surface area contributed by atoms with Gasteiger partial charge in [-0.1, -0.05) is 6.92 Å². The summed E-state index contributed by atoms with van der Waals surface area (Å²) in [6.45, 7) is 5.50. The molecule has 18 heavy (non-hydrogen) atoms. The number of hydrogen-bond acceptors (Lipinski definition) is 5. The summed E-state index contributed by atoms with van der Waals surface area (Å²) >= 11 is 6.85. The number of hydrogen-bond donors (Lipinski definition) is 1. The van der Waals surface area contributed by atoms with E-state index >= 15 is 0 Å². The summed E-state index contributed by atoms with van der Waals surface area (Å²) in [5.74, 6) is 0.874. The normalized spacial score (nSPS) is 11.1. The monoisotopic (exact) mass is 284 g/mol. The van der Waals surface area contributed by atoms with Gasteiger partial charge in [0, 0.05) is 13.7 Å². The van der Waals surface area contributed by atoms with Gasteiger partial charge in [-0.2, -0.15) is 5.10 Å². The Morgan fingerprint density at radius 1 is 1.50 bits per heavy atom. The number of methoxy groups -OCH3 is 1. The van der Waals surface area contributed by atoms with Crippen molar-refractivity contribution in [1.82, 2.24) is 19.7 Å².